The highest BCUT2D eigenvalue weighted by atomic mass is 35.5. The molecule has 1 unspecified atom stereocenters. The lowest BCUT2D eigenvalue weighted by Crippen LogP contribution is -2.41. The summed E-state index contributed by atoms with van der Waals surface area (Å²) in [5, 5.41) is 13.2. The molecule has 1 aromatic carbocycles. The van der Waals surface area contributed by atoms with Gasteiger partial charge in [0.2, 0.25) is 5.88 Å². The Morgan fingerprint density at radius 3 is 2.68 bits per heavy atom. The predicted molar refractivity (Wildman–Crippen MR) is 95.9 cm³/mol. The van der Waals surface area contributed by atoms with Crippen molar-refractivity contribution in [2.75, 3.05) is 7.11 Å². The third-order valence-corrected chi connectivity index (χ3v) is 5.00. The second-order valence-electron chi connectivity index (χ2n) is 6.40. The number of rotatable bonds is 5. The number of ether oxygens (including phenoxy) is 1. The van der Waals surface area contributed by atoms with E-state index in [4.69, 9.17) is 16.3 Å². The Morgan fingerprint density at radius 1 is 1.36 bits per heavy atom. The van der Waals surface area contributed by atoms with Gasteiger partial charge in [-0.3, -0.25) is 4.79 Å². The molecule has 1 aliphatic rings. The molecule has 2 N–H and O–H groups in total. The zero-order valence-corrected chi connectivity index (χ0v) is 15.0. The summed E-state index contributed by atoms with van der Waals surface area (Å²) >= 11 is 6.21. The average Bonchev–Trinajstić information content (AvgIpc) is 2.57. The average molecular weight is 361 g/mol. The standard InChI is InChI=1S/C19H21ClN2O3/c1-11-4-3-5-15(20)17(11)19(24)22-18(13-8-14(23)9-13)12-6-7-16(25-2)21-10-12/h3-7,10,13-14,18,23H,8-9H2,1-2H3,(H,22,24). The molecular formula is C19H21ClN2O3. The number of aryl methyl sites for hydroxylation is 1. The number of nitrogens with zero attached hydrogens (tertiary/aromatic N) is 1. The van der Waals surface area contributed by atoms with Crippen LogP contribution in [0.15, 0.2) is 36.5 Å². The van der Waals surface area contributed by atoms with Gasteiger partial charge in [0.25, 0.3) is 5.91 Å². The minimum atomic E-state index is -0.308. The van der Waals surface area contributed by atoms with Gasteiger partial charge in [0.1, 0.15) is 0 Å². The molecule has 2 aromatic rings. The van der Waals surface area contributed by atoms with Gasteiger partial charge >= 0.3 is 0 Å². The van der Waals surface area contributed by atoms with E-state index in [0.717, 1.165) is 11.1 Å². The maximum atomic E-state index is 12.8. The molecule has 1 fully saturated rings. The second kappa shape index (κ2) is 7.42. The van der Waals surface area contributed by atoms with Crippen LogP contribution in [0, 0.1) is 12.8 Å². The van der Waals surface area contributed by atoms with Crippen LogP contribution in [0.25, 0.3) is 0 Å². The molecule has 6 heteroatoms. The fourth-order valence-electron chi connectivity index (χ4n) is 3.20. The van der Waals surface area contributed by atoms with Crippen molar-refractivity contribution in [3.8, 4) is 5.88 Å². The lowest BCUT2D eigenvalue weighted by Gasteiger charge is -2.38. The summed E-state index contributed by atoms with van der Waals surface area (Å²) in [5.41, 5.74) is 2.19. The largest absolute Gasteiger partial charge is 0.481 e. The van der Waals surface area contributed by atoms with Gasteiger partial charge in [-0.05, 0) is 42.9 Å². The van der Waals surface area contributed by atoms with Gasteiger partial charge < -0.3 is 15.2 Å². The summed E-state index contributed by atoms with van der Waals surface area (Å²) in [6.07, 6.45) is 2.70. The number of nitrogens with one attached hydrogen (secondary N) is 1. The molecule has 0 bridgehead atoms. The molecule has 1 atom stereocenters. The lowest BCUT2D eigenvalue weighted by atomic mass is 9.75. The van der Waals surface area contributed by atoms with Crippen molar-refractivity contribution < 1.29 is 14.6 Å². The van der Waals surface area contributed by atoms with Crippen molar-refractivity contribution >= 4 is 17.5 Å². The van der Waals surface area contributed by atoms with E-state index in [-0.39, 0.29) is 24.0 Å². The molecule has 25 heavy (non-hydrogen) atoms. The van der Waals surface area contributed by atoms with E-state index in [0.29, 0.717) is 29.3 Å². The summed E-state index contributed by atoms with van der Waals surface area (Å²) in [7, 11) is 1.56. The van der Waals surface area contributed by atoms with Crippen LogP contribution < -0.4 is 10.1 Å². The van der Waals surface area contributed by atoms with E-state index in [2.05, 4.69) is 10.3 Å². The van der Waals surface area contributed by atoms with Crippen LogP contribution in [0.1, 0.15) is 40.4 Å². The third-order valence-electron chi connectivity index (χ3n) is 4.68. The van der Waals surface area contributed by atoms with Gasteiger partial charge in [0.05, 0.1) is 29.8 Å². The second-order valence-corrected chi connectivity index (χ2v) is 6.81. The molecule has 1 heterocycles. The zero-order valence-electron chi connectivity index (χ0n) is 14.2. The van der Waals surface area contributed by atoms with Crippen molar-refractivity contribution in [1.29, 1.82) is 0 Å². The SMILES string of the molecule is COc1ccc(C(NC(=O)c2c(C)cccc2Cl)C2CC(O)C2)cn1. The van der Waals surface area contributed by atoms with Gasteiger partial charge in [0.15, 0.2) is 0 Å². The number of carbonyl (C=O) groups is 1. The number of methoxy groups -OCH3 is 1. The Bertz CT molecular complexity index is 738. The maximum Gasteiger partial charge on any atom is 0.253 e. The molecule has 1 aliphatic carbocycles. The quantitative estimate of drug-likeness (QED) is 0.858. The fourth-order valence-corrected chi connectivity index (χ4v) is 3.51. The van der Waals surface area contributed by atoms with Crippen molar-refractivity contribution in [2.24, 2.45) is 5.92 Å². The number of hydrogen-bond acceptors (Lipinski definition) is 4. The van der Waals surface area contributed by atoms with Crippen LogP contribution >= 0.6 is 11.6 Å². The molecule has 0 spiro atoms. The number of carbonyl (C=O) groups excluding carboxylic acids is 1. The van der Waals surface area contributed by atoms with Gasteiger partial charge in [0, 0.05) is 12.3 Å². The summed E-state index contributed by atoms with van der Waals surface area (Å²) < 4.78 is 5.09. The zero-order chi connectivity index (χ0) is 18.0. The van der Waals surface area contributed by atoms with Gasteiger partial charge in [-0.15, -0.1) is 0 Å². The van der Waals surface area contributed by atoms with Crippen LogP contribution in [-0.2, 0) is 0 Å². The monoisotopic (exact) mass is 360 g/mol. The first-order chi connectivity index (χ1) is 12.0. The van der Waals surface area contributed by atoms with E-state index in [1.807, 2.05) is 25.1 Å². The number of aromatic nitrogens is 1. The number of amides is 1. The number of aliphatic hydroxyl groups is 1. The van der Waals surface area contributed by atoms with Crippen molar-refractivity contribution in [3.63, 3.8) is 0 Å². The number of halogens is 1. The first-order valence-electron chi connectivity index (χ1n) is 8.23. The predicted octanol–water partition coefficient (Wildman–Crippen LogP) is 3.29. The maximum absolute atomic E-state index is 12.8. The number of benzene rings is 1. The smallest absolute Gasteiger partial charge is 0.253 e. The summed E-state index contributed by atoms with van der Waals surface area (Å²) in [4.78, 5) is 17.0. The van der Waals surface area contributed by atoms with Crippen molar-refractivity contribution in [3.05, 3.63) is 58.2 Å². The summed E-state index contributed by atoms with van der Waals surface area (Å²) in [5.74, 6) is 0.465. The summed E-state index contributed by atoms with van der Waals surface area (Å²) in [6.45, 7) is 1.86. The van der Waals surface area contributed by atoms with Crippen LogP contribution in [-0.4, -0.2) is 29.2 Å². The van der Waals surface area contributed by atoms with Crippen LogP contribution in [0.3, 0.4) is 0 Å². The Labute approximate surface area is 152 Å². The Kier molecular flexibility index (Phi) is 5.25. The molecule has 1 aromatic heterocycles. The van der Waals surface area contributed by atoms with Gasteiger partial charge in [-0.2, -0.15) is 0 Å². The van der Waals surface area contributed by atoms with E-state index in [1.54, 1.807) is 25.4 Å². The minimum absolute atomic E-state index is 0.164. The van der Waals surface area contributed by atoms with E-state index < -0.39 is 0 Å². The fraction of sp³-hybridized carbons (Fsp3) is 0.368. The lowest BCUT2D eigenvalue weighted by molar-refractivity contribution is 0.0234. The Hall–Kier alpha value is -2.11. The summed E-state index contributed by atoms with van der Waals surface area (Å²) in [6, 6.07) is 8.82. The molecule has 1 amide bonds. The highest BCUT2D eigenvalue weighted by Gasteiger charge is 2.36. The molecule has 3 rings (SSSR count). The Balaban J connectivity index is 1.86. The first kappa shape index (κ1) is 17.7. The molecule has 0 saturated heterocycles. The Morgan fingerprint density at radius 2 is 2.12 bits per heavy atom. The molecule has 1 saturated carbocycles. The molecule has 0 aliphatic heterocycles. The normalized spacial score (nSPS) is 20.5. The van der Waals surface area contributed by atoms with Gasteiger partial charge in [-0.1, -0.05) is 29.8 Å². The van der Waals surface area contributed by atoms with E-state index >= 15 is 0 Å². The highest BCUT2D eigenvalue weighted by molar-refractivity contribution is 6.34. The van der Waals surface area contributed by atoms with Crippen molar-refractivity contribution in [2.45, 2.75) is 31.9 Å². The van der Waals surface area contributed by atoms with Crippen molar-refractivity contribution in [1.82, 2.24) is 10.3 Å². The van der Waals surface area contributed by atoms with E-state index in [1.165, 1.54) is 0 Å². The van der Waals surface area contributed by atoms with Crippen LogP contribution in [0.4, 0.5) is 0 Å². The molecule has 132 valence electrons. The molecular weight excluding hydrogens is 340 g/mol. The first-order valence-corrected chi connectivity index (χ1v) is 8.61. The number of pyridine rings is 1. The molecule has 0 radical (unpaired) electrons. The van der Waals surface area contributed by atoms with Crippen LogP contribution in [0.2, 0.25) is 5.02 Å². The van der Waals surface area contributed by atoms with Gasteiger partial charge in [-0.25, -0.2) is 4.98 Å². The van der Waals surface area contributed by atoms with E-state index in [9.17, 15) is 9.90 Å². The highest BCUT2D eigenvalue weighted by Crippen LogP contribution is 2.38. The minimum Gasteiger partial charge on any atom is -0.481 e. The molecule has 5 nitrogen and oxygen atoms in total. The van der Waals surface area contributed by atoms with Crippen LogP contribution in [0.5, 0.6) is 5.88 Å². The number of aliphatic hydroxyl groups excluding tert-OH is 1. The third kappa shape index (κ3) is 3.78. The topological polar surface area (TPSA) is 71.5 Å². The number of hydrogen-bond donors (Lipinski definition) is 2.